The molecule has 1 aliphatic rings. The van der Waals surface area contributed by atoms with Crippen molar-refractivity contribution in [3.63, 3.8) is 0 Å². The molecule has 5 rings (SSSR count). The van der Waals surface area contributed by atoms with Crippen molar-refractivity contribution < 1.29 is 18.8 Å². The van der Waals surface area contributed by atoms with Gasteiger partial charge in [-0.1, -0.05) is 47.6 Å². The van der Waals surface area contributed by atoms with Crippen molar-refractivity contribution >= 4 is 12.0 Å². The van der Waals surface area contributed by atoms with Crippen LogP contribution in [0.5, 0.6) is 0 Å². The lowest BCUT2D eigenvalue weighted by atomic mass is 10.0. The van der Waals surface area contributed by atoms with Gasteiger partial charge < -0.3 is 19.5 Å². The van der Waals surface area contributed by atoms with E-state index in [0.717, 1.165) is 27.9 Å². The standard InChI is InChI=1S/C29H29FN4O3/c1-18-3-4-21(13-19(18)2)16-34-17-25(24-14-23(30)9-10-26(24)34)29-32-28(33-37-29)22-7-5-20(6-8-22)15-31-12-11-27(35)36/h3-8,13-14,17,31H,9-12,15-16H2,1-2H3,(H,35,36). The molecule has 0 unspecified atom stereocenters. The van der Waals surface area contributed by atoms with Crippen LogP contribution in [0.1, 0.15) is 46.4 Å². The van der Waals surface area contributed by atoms with Crippen LogP contribution in [0.2, 0.25) is 0 Å². The van der Waals surface area contributed by atoms with E-state index in [1.165, 1.54) is 16.7 Å². The van der Waals surface area contributed by atoms with Crippen LogP contribution in [0.25, 0.3) is 28.9 Å². The molecule has 37 heavy (non-hydrogen) atoms. The fourth-order valence-electron chi connectivity index (χ4n) is 4.58. The van der Waals surface area contributed by atoms with Gasteiger partial charge in [-0.3, -0.25) is 4.79 Å². The Hall–Kier alpha value is -4.04. The predicted octanol–water partition coefficient (Wildman–Crippen LogP) is 5.69. The summed E-state index contributed by atoms with van der Waals surface area (Å²) in [5.41, 5.74) is 8.10. The molecule has 190 valence electrons. The lowest BCUT2D eigenvalue weighted by Gasteiger charge is -2.14. The number of carboxylic acids is 1. The Balaban J connectivity index is 1.38. The quantitative estimate of drug-likeness (QED) is 0.287. The summed E-state index contributed by atoms with van der Waals surface area (Å²) in [6.07, 6.45) is 4.65. The third-order valence-electron chi connectivity index (χ3n) is 6.77. The lowest BCUT2D eigenvalue weighted by Crippen LogP contribution is -2.17. The van der Waals surface area contributed by atoms with Crippen LogP contribution in [0.15, 0.2) is 59.0 Å². The van der Waals surface area contributed by atoms with Gasteiger partial charge in [0.1, 0.15) is 5.83 Å². The van der Waals surface area contributed by atoms with Crippen molar-refractivity contribution in [3.05, 3.63) is 88.0 Å². The first-order valence-corrected chi connectivity index (χ1v) is 12.4. The van der Waals surface area contributed by atoms with Gasteiger partial charge in [-0.2, -0.15) is 4.98 Å². The van der Waals surface area contributed by atoms with Gasteiger partial charge in [-0.25, -0.2) is 4.39 Å². The molecular formula is C29H29FN4O3. The highest BCUT2D eigenvalue weighted by Crippen LogP contribution is 2.35. The molecular weight excluding hydrogens is 471 g/mol. The zero-order valence-electron chi connectivity index (χ0n) is 20.9. The van der Waals surface area contributed by atoms with E-state index in [-0.39, 0.29) is 12.2 Å². The first-order chi connectivity index (χ1) is 17.9. The molecule has 1 aliphatic carbocycles. The molecule has 7 nitrogen and oxygen atoms in total. The van der Waals surface area contributed by atoms with Crippen LogP contribution >= 0.6 is 0 Å². The predicted molar refractivity (Wildman–Crippen MR) is 140 cm³/mol. The number of hydrogen-bond donors (Lipinski definition) is 2. The third-order valence-corrected chi connectivity index (χ3v) is 6.77. The Morgan fingerprint density at radius 1 is 1.11 bits per heavy atom. The molecule has 4 aromatic rings. The average molecular weight is 501 g/mol. The van der Waals surface area contributed by atoms with Gasteiger partial charge in [0.2, 0.25) is 5.82 Å². The normalized spacial score (nSPS) is 12.9. The molecule has 2 aromatic carbocycles. The molecule has 0 atom stereocenters. The maximum absolute atomic E-state index is 14.3. The summed E-state index contributed by atoms with van der Waals surface area (Å²) in [5.74, 6) is -0.160. The van der Waals surface area contributed by atoms with E-state index in [1.54, 1.807) is 6.08 Å². The van der Waals surface area contributed by atoms with Crippen molar-refractivity contribution in [2.75, 3.05) is 6.54 Å². The fraction of sp³-hybridized carbons (Fsp3) is 0.276. The first kappa shape index (κ1) is 24.6. The zero-order valence-corrected chi connectivity index (χ0v) is 20.9. The van der Waals surface area contributed by atoms with E-state index >= 15 is 0 Å². The zero-order chi connectivity index (χ0) is 25.9. The highest BCUT2D eigenvalue weighted by Gasteiger charge is 2.24. The summed E-state index contributed by atoms with van der Waals surface area (Å²) in [7, 11) is 0. The Kier molecular flexibility index (Phi) is 7.01. The number of halogens is 1. The van der Waals surface area contributed by atoms with Crippen LogP contribution in [0, 0.1) is 13.8 Å². The van der Waals surface area contributed by atoms with E-state index in [2.05, 4.69) is 52.1 Å². The monoisotopic (exact) mass is 500 g/mol. The number of nitrogens with one attached hydrogen (secondary N) is 1. The minimum absolute atomic E-state index is 0.0822. The second-order valence-corrected chi connectivity index (χ2v) is 9.48. The van der Waals surface area contributed by atoms with E-state index < -0.39 is 5.97 Å². The molecule has 8 heteroatoms. The van der Waals surface area contributed by atoms with Crippen molar-refractivity contribution in [1.82, 2.24) is 20.0 Å². The van der Waals surface area contributed by atoms with Crippen LogP contribution in [0.3, 0.4) is 0 Å². The van der Waals surface area contributed by atoms with Gasteiger partial charge in [0, 0.05) is 49.1 Å². The number of benzene rings is 2. The topological polar surface area (TPSA) is 93.2 Å². The van der Waals surface area contributed by atoms with Gasteiger partial charge in [0.25, 0.3) is 5.89 Å². The highest BCUT2D eigenvalue weighted by molar-refractivity contribution is 5.75. The highest BCUT2D eigenvalue weighted by atomic mass is 19.1. The Morgan fingerprint density at radius 2 is 1.89 bits per heavy atom. The maximum atomic E-state index is 14.3. The van der Waals surface area contributed by atoms with Gasteiger partial charge in [-0.15, -0.1) is 0 Å². The Morgan fingerprint density at radius 3 is 2.65 bits per heavy atom. The molecule has 0 spiro atoms. The number of rotatable bonds is 9. The molecule has 2 N–H and O–H groups in total. The van der Waals surface area contributed by atoms with Crippen LogP contribution in [0.4, 0.5) is 4.39 Å². The molecule has 0 saturated carbocycles. The summed E-state index contributed by atoms with van der Waals surface area (Å²) in [4.78, 5) is 15.3. The number of hydrogen-bond acceptors (Lipinski definition) is 5. The smallest absolute Gasteiger partial charge is 0.304 e. The van der Waals surface area contributed by atoms with Gasteiger partial charge in [-0.05, 0) is 48.6 Å². The van der Waals surface area contributed by atoms with Crippen LogP contribution in [-0.4, -0.2) is 32.3 Å². The number of carboxylic acid groups (broad SMARTS) is 1. The summed E-state index contributed by atoms with van der Waals surface area (Å²) >= 11 is 0. The number of allylic oxidation sites excluding steroid dienone is 1. The maximum Gasteiger partial charge on any atom is 0.304 e. The van der Waals surface area contributed by atoms with E-state index in [1.807, 2.05) is 30.5 Å². The second kappa shape index (κ2) is 10.5. The molecule has 2 aromatic heterocycles. The summed E-state index contributed by atoms with van der Waals surface area (Å²) in [5, 5.41) is 16.0. The fourth-order valence-corrected chi connectivity index (χ4v) is 4.58. The number of aryl methyl sites for hydroxylation is 2. The van der Waals surface area contributed by atoms with Gasteiger partial charge >= 0.3 is 5.97 Å². The van der Waals surface area contributed by atoms with Crippen LogP contribution < -0.4 is 5.32 Å². The number of fused-ring (bicyclic) bond motifs is 1. The largest absolute Gasteiger partial charge is 0.481 e. The molecule has 0 bridgehead atoms. The number of aliphatic carboxylic acids is 1. The molecule has 0 amide bonds. The number of aromatic nitrogens is 3. The molecule has 0 saturated heterocycles. The second-order valence-electron chi connectivity index (χ2n) is 9.48. The Labute approximate surface area is 214 Å². The minimum atomic E-state index is -0.823. The van der Waals surface area contributed by atoms with Gasteiger partial charge in [0.05, 0.1) is 12.0 Å². The van der Waals surface area contributed by atoms with Crippen molar-refractivity contribution in [1.29, 1.82) is 0 Å². The first-order valence-electron chi connectivity index (χ1n) is 12.4. The number of carbonyl (C=O) groups is 1. The summed E-state index contributed by atoms with van der Waals surface area (Å²) < 4.78 is 22.1. The van der Waals surface area contributed by atoms with E-state index in [0.29, 0.717) is 44.2 Å². The van der Waals surface area contributed by atoms with Gasteiger partial charge in [0.15, 0.2) is 0 Å². The average Bonchev–Trinajstić information content (AvgIpc) is 3.49. The van der Waals surface area contributed by atoms with Crippen molar-refractivity contribution in [3.8, 4) is 22.8 Å². The van der Waals surface area contributed by atoms with Crippen LogP contribution in [-0.2, 0) is 24.3 Å². The lowest BCUT2D eigenvalue weighted by molar-refractivity contribution is -0.136. The number of nitrogens with zero attached hydrogens (tertiary/aromatic N) is 3. The van der Waals surface area contributed by atoms with E-state index in [4.69, 9.17) is 9.63 Å². The van der Waals surface area contributed by atoms with Crippen molar-refractivity contribution in [2.24, 2.45) is 0 Å². The third kappa shape index (κ3) is 5.54. The van der Waals surface area contributed by atoms with E-state index in [9.17, 15) is 9.18 Å². The SMILES string of the molecule is Cc1ccc(Cn2cc(-c3nc(-c4ccc(CNCCC(=O)O)cc4)no3)c3c2CCC(F)=C3)cc1C. The minimum Gasteiger partial charge on any atom is -0.481 e. The molecule has 0 aliphatic heterocycles. The molecule has 2 heterocycles. The summed E-state index contributed by atoms with van der Waals surface area (Å²) in [6.45, 7) is 5.87. The molecule has 0 radical (unpaired) electrons. The van der Waals surface area contributed by atoms with Crippen molar-refractivity contribution in [2.45, 2.75) is 46.2 Å². The summed E-state index contributed by atoms with van der Waals surface area (Å²) in [6, 6.07) is 14.1. The Bertz CT molecular complexity index is 1470. The molecule has 0 fully saturated rings.